The summed E-state index contributed by atoms with van der Waals surface area (Å²) >= 11 is 0. The molecular formula is C14H18N2O3. The molecule has 19 heavy (non-hydrogen) atoms. The summed E-state index contributed by atoms with van der Waals surface area (Å²) in [7, 11) is 0. The summed E-state index contributed by atoms with van der Waals surface area (Å²) in [5.41, 5.74) is 0.637. The lowest BCUT2D eigenvalue weighted by molar-refractivity contribution is 0.222. The van der Waals surface area contributed by atoms with Crippen molar-refractivity contribution in [1.29, 1.82) is 0 Å². The van der Waals surface area contributed by atoms with Gasteiger partial charge in [-0.2, -0.15) is 0 Å². The molecule has 0 spiro atoms. The van der Waals surface area contributed by atoms with Crippen LogP contribution in [-0.4, -0.2) is 30.4 Å². The van der Waals surface area contributed by atoms with Crippen molar-refractivity contribution in [2.24, 2.45) is 0 Å². The van der Waals surface area contributed by atoms with Gasteiger partial charge in [-0.05, 0) is 30.7 Å². The van der Waals surface area contributed by atoms with E-state index < -0.39 is 0 Å². The summed E-state index contributed by atoms with van der Waals surface area (Å²) in [6.45, 7) is 2.02. The quantitative estimate of drug-likeness (QED) is 0.682. The molecule has 1 atom stereocenters. The number of aliphatic hydroxyl groups excluding tert-OH is 1. The van der Waals surface area contributed by atoms with Crippen LogP contribution >= 0.6 is 0 Å². The number of terminal acetylenes is 1. The van der Waals surface area contributed by atoms with Gasteiger partial charge in [0.25, 0.3) is 0 Å². The van der Waals surface area contributed by atoms with E-state index in [9.17, 15) is 4.79 Å². The number of benzene rings is 1. The lowest BCUT2D eigenvalue weighted by Crippen LogP contribution is -2.39. The Balaban J connectivity index is 2.48. The number of aliphatic hydroxyl groups is 1. The predicted molar refractivity (Wildman–Crippen MR) is 74.1 cm³/mol. The molecule has 3 N–H and O–H groups in total. The van der Waals surface area contributed by atoms with Crippen LogP contribution in [0.5, 0.6) is 5.75 Å². The zero-order valence-electron chi connectivity index (χ0n) is 10.8. The number of anilines is 1. The Hall–Kier alpha value is -2.19. The van der Waals surface area contributed by atoms with Gasteiger partial charge >= 0.3 is 6.03 Å². The summed E-state index contributed by atoms with van der Waals surface area (Å²) < 4.78 is 5.22. The maximum atomic E-state index is 11.6. The molecule has 0 bridgehead atoms. The van der Waals surface area contributed by atoms with Crippen LogP contribution in [0.25, 0.3) is 0 Å². The van der Waals surface area contributed by atoms with Gasteiger partial charge in [-0.15, -0.1) is 6.42 Å². The van der Waals surface area contributed by atoms with Crippen molar-refractivity contribution < 1.29 is 14.6 Å². The minimum atomic E-state index is -0.349. The van der Waals surface area contributed by atoms with Gasteiger partial charge in [0, 0.05) is 5.69 Å². The monoisotopic (exact) mass is 262 g/mol. The molecule has 0 aliphatic rings. The highest BCUT2D eigenvalue weighted by atomic mass is 16.5. The maximum absolute atomic E-state index is 11.6. The number of rotatable bonds is 6. The topological polar surface area (TPSA) is 70.6 Å². The number of carbonyl (C=O) groups is 1. The molecule has 0 heterocycles. The lowest BCUT2D eigenvalue weighted by atomic mass is 10.2. The zero-order valence-corrected chi connectivity index (χ0v) is 10.8. The largest absolute Gasteiger partial charge is 0.481 e. The smallest absolute Gasteiger partial charge is 0.319 e. The van der Waals surface area contributed by atoms with Gasteiger partial charge in [0.15, 0.2) is 0 Å². The first-order chi connectivity index (χ1) is 9.19. The molecule has 5 nitrogen and oxygen atoms in total. The SMILES string of the molecule is C#CCOc1ccc(NC(=O)NC(CC)CO)cc1. The molecule has 1 aromatic carbocycles. The van der Waals surface area contributed by atoms with Gasteiger partial charge in [0.2, 0.25) is 0 Å². The molecule has 2 amide bonds. The van der Waals surface area contributed by atoms with E-state index in [0.717, 1.165) is 0 Å². The number of amides is 2. The van der Waals surface area contributed by atoms with Crippen LogP contribution in [0.3, 0.4) is 0 Å². The highest BCUT2D eigenvalue weighted by molar-refractivity contribution is 5.89. The molecule has 0 saturated carbocycles. The number of hydrogen-bond acceptors (Lipinski definition) is 3. The van der Waals surface area contributed by atoms with E-state index in [-0.39, 0.29) is 25.3 Å². The summed E-state index contributed by atoms with van der Waals surface area (Å²) in [5, 5.41) is 14.3. The van der Waals surface area contributed by atoms with E-state index in [1.54, 1.807) is 24.3 Å². The van der Waals surface area contributed by atoms with E-state index in [1.807, 2.05) is 6.92 Å². The minimum Gasteiger partial charge on any atom is -0.481 e. The molecule has 1 aromatic rings. The molecule has 0 aromatic heterocycles. The third-order valence-corrected chi connectivity index (χ3v) is 2.48. The molecule has 0 aliphatic carbocycles. The predicted octanol–water partition coefficient (Wildman–Crippen LogP) is 1.59. The van der Waals surface area contributed by atoms with Gasteiger partial charge in [-0.3, -0.25) is 0 Å². The third-order valence-electron chi connectivity index (χ3n) is 2.48. The second kappa shape index (κ2) is 8.01. The minimum absolute atomic E-state index is 0.0806. The van der Waals surface area contributed by atoms with E-state index in [0.29, 0.717) is 17.9 Å². The van der Waals surface area contributed by atoms with Crippen LogP contribution in [0.1, 0.15) is 13.3 Å². The Bertz CT molecular complexity index is 433. The van der Waals surface area contributed by atoms with Crippen LogP contribution in [-0.2, 0) is 0 Å². The van der Waals surface area contributed by atoms with Crippen LogP contribution < -0.4 is 15.4 Å². The van der Waals surface area contributed by atoms with E-state index in [4.69, 9.17) is 16.3 Å². The molecule has 1 rings (SSSR count). The van der Waals surface area contributed by atoms with Gasteiger partial charge < -0.3 is 20.5 Å². The molecule has 0 saturated heterocycles. The summed E-state index contributed by atoms with van der Waals surface area (Å²) in [4.78, 5) is 11.6. The third kappa shape index (κ3) is 5.32. The first kappa shape index (κ1) is 14.9. The van der Waals surface area contributed by atoms with Crippen molar-refractivity contribution in [2.45, 2.75) is 19.4 Å². The van der Waals surface area contributed by atoms with E-state index in [1.165, 1.54) is 0 Å². The Morgan fingerprint density at radius 1 is 1.47 bits per heavy atom. The average molecular weight is 262 g/mol. The second-order valence-corrected chi connectivity index (χ2v) is 3.90. The Morgan fingerprint density at radius 2 is 2.16 bits per heavy atom. The van der Waals surface area contributed by atoms with Crippen LogP contribution in [0.2, 0.25) is 0 Å². The fourth-order valence-corrected chi connectivity index (χ4v) is 1.39. The summed E-state index contributed by atoms with van der Waals surface area (Å²) in [5.74, 6) is 3.02. The molecule has 5 heteroatoms. The molecule has 102 valence electrons. The number of carbonyl (C=O) groups excluding carboxylic acids is 1. The van der Waals surface area contributed by atoms with Crippen molar-refractivity contribution in [1.82, 2.24) is 5.32 Å². The van der Waals surface area contributed by atoms with Crippen molar-refractivity contribution >= 4 is 11.7 Å². The summed E-state index contributed by atoms with van der Waals surface area (Å²) in [6.07, 6.45) is 5.75. The average Bonchev–Trinajstić information content (AvgIpc) is 2.44. The van der Waals surface area contributed by atoms with Gasteiger partial charge in [-0.1, -0.05) is 12.8 Å². The number of urea groups is 1. The Kier molecular flexibility index (Phi) is 6.27. The molecule has 0 aliphatic heterocycles. The normalized spacial score (nSPS) is 11.2. The van der Waals surface area contributed by atoms with Crippen molar-refractivity contribution in [3.05, 3.63) is 24.3 Å². The zero-order chi connectivity index (χ0) is 14.1. The molecule has 0 radical (unpaired) electrons. The number of nitrogens with one attached hydrogen (secondary N) is 2. The van der Waals surface area contributed by atoms with Crippen LogP contribution in [0, 0.1) is 12.3 Å². The Labute approximate surface area is 113 Å². The maximum Gasteiger partial charge on any atom is 0.319 e. The van der Waals surface area contributed by atoms with Crippen molar-refractivity contribution in [2.75, 3.05) is 18.5 Å². The highest BCUT2D eigenvalue weighted by Crippen LogP contribution is 2.15. The van der Waals surface area contributed by atoms with Gasteiger partial charge in [0.05, 0.1) is 12.6 Å². The fourth-order valence-electron chi connectivity index (χ4n) is 1.39. The van der Waals surface area contributed by atoms with Crippen LogP contribution in [0.15, 0.2) is 24.3 Å². The van der Waals surface area contributed by atoms with E-state index in [2.05, 4.69) is 16.6 Å². The lowest BCUT2D eigenvalue weighted by Gasteiger charge is -2.14. The Morgan fingerprint density at radius 3 is 2.68 bits per heavy atom. The van der Waals surface area contributed by atoms with Crippen molar-refractivity contribution in [3.8, 4) is 18.1 Å². The first-order valence-corrected chi connectivity index (χ1v) is 6.04. The number of hydrogen-bond donors (Lipinski definition) is 3. The summed E-state index contributed by atoms with van der Waals surface area (Å²) in [6, 6.07) is 6.28. The van der Waals surface area contributed by atoms with E-state index >= 15 is 0 Å². The van der Waals surface area contributed by atoms with Crippen molar-refractivity contribution in [3.63, 3.8) is 0 Å². The number of ether oxygens (including phenoxy) is 1. The van der Waals surface area contributed by atoms with Crippen LogP contribution in [0.4, 0.5) is 10.5 Å². The van der Waals surface area contributed by atoms with Gasteiger partial charge in [0.1, 0.15) is 12.4 Å². The molecular weight excluding hydrogens is 244 g/mol. The standard InChI is InChI=1S/C14H18N2O3/c1-3-9-19-13-7-5-12(6-8-13)16-14(18)15-11(4-2)10-17/h1,5-8,11,17H,4,9-10H2,2H3,(H2,15,16,18). The fraction of sp³-hybridized carbons (Fsp3) is 0.357. The molecule has 1 unspecified atom stereocenters. The second-order valence-electron chi connectivity index (χ2n) is 3.90. The first-order valence-electron chi connectivity index (χ1n) is 6.04. The highest BCUT2D eigenvalue weighted by Gasteiger charge is 2.08. The molecule has 0 fully saturated rings. The van der Waals surface area contributed by atoms with Gasteiger partial charge in [-0.25, -0.2) is 4.79 Å².